The van der Waals surface area contributed by atoms with E-state index in [2.05, 4.69) is 10.3 Å². The van der Waals surface area contributed by atoms with Gasteiger partial charge in [0.1, 0.15) is 11.6 Å². The Morgan fingerprint density at radius 3 is 3.04 bits per heavy atom. The fourth-order valence-electron chi connectivity index (χ4n) is 3.42. The smallest absolute Gasteiger partial charge is 0.408 e. The quantitative estimate of drug-likeness (QED) is 0.771. The van der Waals surface area contributed by atoms with E-state index in [4.69, 9.17) is 14.4 Å². The first-order chi connectivity index (χ1) is 11.8. The maximum absolute atomic E-state index is 11.3. The van der Waals surface area contributed by atoms with E-state index in [9.17, 15) is 4.79 Å². The molecule has 0 radical (unpaired) electrons. The van der Waals surface area contributed by atoms with Gasteiger partial charge in [0, 0.05) is 23.7 Å². The average Bonchev–Trinajstić information content (AvgIpc) is 3.20. The number of H-pyrrole nitrogens is 1. The van der Waals surface area contributed by atoms with E-state index in [-0.39, 0.29) is 0 Å². The molecule has 0 unspecified atom stereocenters. The Labute approximate surface area is 138 Å². The summed E-state index contributed by atoms with van der Waals surface area (Å²) in [6.45, 7) is 0.663. The lowest BCUT2D eigenvalue weighted by molar-refractivity contribution is 0.555. The van der Waals surface area contributed by atoms with Crippen molar-refractivity contribution in [3.05, 3.63) is 51.4 Å². The van der Waals surface area contributed by atoms with Crippen molar-refractivity contribution in [1.29, 1.82) is 0 Å². The van der Waals surface area contributed by atoms with Gasteiger partial charge >= 0.3 is 5.76 Å². The molecule has 2 aromatic heterocycles. The predicted octanol–water partition coefficient (Wildman–Crippen LogP) is 2.89. The minimum absolute atomic E-state index is 0.419. The Balaban J connectivity index is 1.43. The van der Waals surface area contributed by atoms with Crippen molar-refractivity contribution < 1.29 is 4.42 Å². The first-order valence-electron chi connectivity index (χ1n) is 8.51. The summed E-state index contributed by atoms with van der Waals surface area (Å²) in [6.07, 6.45) is 5.70. The van der Waals surface area contributed by atoms with Gasteiger partial charge in [0.15, 0.2) is 5.58 Å². The molecule has 0 atom stereocenters. The van der Waals surface area contributed by atoms with Crippen LogP contribution in [0, 0.1) is 0 Å². The Morgan fingerprint density at radius 2 is 2.17 bits per heavy atom. The molecule has 24 heavy (non-hydrogen) atoms. The van der Waals surface area contributed by atoms with E-state index in [1.54, 1.807) is 0 Å². The van der Waals surface area contributed by atoms with E-state index >= 15 is 0 Å². The largest absolute Gasteiger partial charge is 0.417 e. The van der Waals surface area contributed by atoms with Crippen molar-refractivity contribution in [3.8, 4) is 0 Å². The second-order valence-electron chi connectivity index (χ2n) is 6.68. The number of hydrogen-bond donors (Lipinski definition) is 2. The molecule has 0 aliphatic heterocycles. The molecule has 6 nitrogen and oxygen atoms in total. The molecule has 2 aliphatic carbocycles. The van der Waals surface area contributed by atoms with Gasteiger partial charge in [0.05, 0.1) is 5.52 Å². The molecule has 3 aromatic rings. The van der Waals surface area contributed by atoms with Gasteiger partial charge in [-0.3, -0.25) is 4.98 Å². The lowest BCUT2D eigenvalue weighted by Gasteiger charge is -2.12. The van der Waals surface area contributed by atoms with Gasteiger partial charge in [-0.15, -0.1) is 0 Å². The number of nitrogens with one attached hydrogen (secondary N) is 2. The summed E-state index contributed by atoms with van der Waals surface area (Å²) in [5, 5.41) is 3.48. The van der Waals surface area contributed by atoms with Crippen LogP contribution in [-0.2, 0) is 19.4 Å². The van der Waals surface area contributed by atoms with E-state index in [1.807, 2.05) is 18.2 Å². The summed E-state index contributed by atoms with van der Waals surface area (Å²) in [5.41, 5.74) is 4.90. The molecule has 2 heterocycles. The molecule has 1 saturated carbocycles. The number of oxazole rings is 1. The summed E-state index contributed by atoms with van der Waals surface area (Å²) in [6, 6.07) is 5.73. The van der Waals surface area contributed by atoms with Crippen LogP contribution in [0.1, 0.15) is 47.8 Å². The zero-order valence-corrected chi connectivity index (χ0v) is 13.3. The van der Waals surface area contributed by atoms with E-state index in [1.165, 1.54) is 24.1 Å². The molecular weight excluding hydrogens is 304 g/mol. The van der Waals surface area contributed by atoms with Crippen molar-refractivity contribution in [3.63, 3.8) is 0 Å². The molecular formula is C18H18N4O2. The number of hydrogen-bond acceptors (Lipinski definition) is 5. The third-order valence-corrected chi connectivity index (χ3v) is 4.84. The Bertz CT molecular complexity index is 984. The lowest BCUT2D eigenvalue weighted by atomic mass is 10.2. The molecule has 0 spiro atoms. The van der Waals surface area contributed by atoms with Gasteiger partial charge in [-0.25, -0.2) is 14.8 Å². The molecule has 5 rings (SSSR count). The number of benzene rings is 1. The molecule has 0 bridgehead atoms. The zero-order chi connectivity index (χ0) is 16.1. The minimum atomic E-state index is -0.419. The number of aryl methyl sites for hydroxylation is 1. The fourth-order valence-corrected chi connectivity index (χ4v) is 3.42. The molecule has 0 amide bonds. The second kappa shape index (κ2) is 5.19. The molecule has 0 saturated heterocycles. The Hall–Kier alpha value is -2.63. The van der Waals surface area contributed by atoms with E-state index < -0.39 is 5.76 Å². The van der Waals surface area contributed by atoms with Gasteiger partial charge in [-0.05, 0) is 49.8 Å². The number of anilines is 1. The standard InChI is InChI=1S/C18H18N4O2/c23-18-21-14-8-10(4-7-15(14)24-18)9-19-17-12-2-1-3-13(12)20-16(22-17)11-5-6-11/h4,7-8,11H,1-3,5-6,9H2,(H,21,23)(H,19,20,22). The van der Waals surface area contributed by atoms with Crippen LogP contribution in [0.25, 0.3) is 11.1 Å². The highest BCUT2D eigenvalue weighted by atomic mass is 16.4. The summed E-state index contributed by atoms with van der Waals surface area (Å²) >= 11 is 0. The highest BCUT2D eigenvalue weighted by Gasteiger charge is 2.29. The van der Waals surface area contributed by atoms with Crippen LogP contribution in [0.5, 0.6) is 0 Å². The van der Waals surface area contributed by atoms with Gasteiger partial charge in [-0.1, -0.05) is 6.07 Å². The molecule has 6 heteroatoms. The number of fused-ring (bicyclic) bond motifs is 2. The predicted molar refractivity (Wildman–Crippen MR) is 90.2 cm³/mol. The number of aromatic amines is 1. The first kappa shape index (κ1) is 13.8. The van der Waals surface area contributed by atoms with Crippen LogP contribution in [0.15, 0.2) is 27.4 Å². The van der Waals surface area contributed by atoms with Gasteiger partial charge in [-0.2, -0.15) is 0 Å². The summed E-state index contributed by atoms with van der Waals surface area (Å²) in [5.74, 6) is 2.13. The highest BCUT2D eigenvalue weighted by Crippen LogP contribution is 2.40. The van der Waals surface area contributed by atoms with Crippen molar-refractivity contribution in [2.45, 2.75) is 44.6 Å². The highest BCUT2D eigenvalue weighted by molar-refractivity contribution is 5.72. The summed E-state index contributed by atoms with van der Waals surface area (Å²) < 4.78 is 5.04. The number of nitrogens with zero attached hydrogens (tertiary/aromatic N) is 2. The molecule has 1 aromatic carbocycles. The Morgan fingerprint density at radius 1 is 1.25 bits per heavy atom. The van der Waals surface area contributed by atoms with Crippen LogP contribution < -0.4 is 11.1 Å². The normalized spacial score (nSPS) is 16.5. The van der Waals surface area contributed by atoms with Gasteiger partial charge < -0.3 is 9.73 Å². The maximum Gasteiger partial charge on any atom is 0.417 e. The number of rotatable bonds is 4. The third kappa shape index (κ3) is 2.38. The molecule has 2 aliphatic rings. The van der Waals surface area contributed by atoms with Crippen LogP contribution in [-0.4, -0.2) is 15.0 Å². The van der Waals surface area contributed by atoms with E-state index in [0.717, 1.165) is 42.0 Å². The number of aromatic nitrogens is 3. The van der Waals surface area contributed by atoms with Crippen LogP contribution in [0.4, 0.5) is 5.82 Å². The lowest BCUT2D eigenvalue weighted by Crippen LogP contribution is -2.08. The van der Waals surface area contributed by atoms with Crippen LogP contribution >= 0.6 is 0 Å². The van der Waals surface area contributed by atoms with Crippen LogP contribution in [0.2, 0.25) is 0 Å². The SMILES string of the molecule is O=c1[nH]c2cc(CNc3nc(C4CC4)nc4c3CCC4)ccc2o1. The van der Waals surface area contributed by atoms with Crippen molar-refractivity contribution in [2.24, 2.45) is 0 Å². The summed E-state index contributed by atoms with van der Waals surface area (Å²) in [4.78, 5) is 23.5. The average molecular weight is 322 g/mol. The van der Waals surface area contributed by atoms with Crippen molar-refractivity contribution in [2.75, 3.05) is 5.32 Å². The zero-order valence-electron chi connectivity index (χ0n) is 13.3. The maximum atomic E-state index is 11.3. The molecule has 1 fully saturated rings. The monoisotopic (exact) mass is 322 g/mol. The van der Waals surface area contributed by atoms with Gasteiger partial charge in [0.2, 0.25) is 0 Å². The Kier molecular flexibility index (Phi) is 2.98. The van der Waals surface area contributed by atoms with Gasteiger partial charge in [0.25, 0.3) is 0 Å². The van der Waals surface area contributed by atoms with Crippen LogP contribution in [0.3, 0.4) is 0 Å². The van der Waals surface area contributed by atoms with Crippen molar-refractivity contribution in [1.82, 2.24) is 15.0 Å². The minimum Gasteiger partial charge on any atom is -0.408 e. The first-order valence-corrected chi connectivity index (χ1v) is 8.51. The molecule has 122 valence electrons. The third-order valence-electron chi connectivity index (χ3n) is 4.84. The van der Waals surface area contributed by atoms with Crippen molar-refractivity contribution >= 4 is 16.9 Å². The van der Waals surface area contributed by atoms with E-state index in [0.29, 0.717) is 18.0 Å². The molecule has 2 N–H and O–H groups in total. The summed E-state index contributed by atoms with van der Waals surface area (Å²) in [7, 11) is 0. The topological polar surface area (TPSA) is 83.8 Å². The second-order valence-corrected chi connectivity index (χ2v) is 6.68. The fraction of sp³-hybridized carbons (Fsp3) is 0.389.